The fourth-order valence-electron chi connectivity index (χ4n) is 4.41. The first-order chi connectivity index (χ1) is 20.3. The van der Waals surface area contributed by atoms with Gasteiger partial charge in [-0.1, -0.05) is 109 Å². The van der Waals surface area contributed by atoms with E-state index in [0.29, 0.717) is 12.8 Å². The van der Waals surface area contributed by atoms with Crippen LogP contribution in [-0.4, -0.2) is 41.0 Å². The van der Waals surface area contributed by atoms with Crippen LogP contribution in [0.4, 0.5) is 0 Å². The molecule has 42 heavy (non-hydrogen) atoms. The van der Waals surface area contributed by atoms with Crippen molar-refractivity contribution in [1.29, 1.82) is 0 Å². The van der Waals surface area contributed by atoms with Gasteiger partial charge in [-0.3, -0.25) is 14.1 Å². The summed E-state index contributed by atoms with van der Waals surface area (Å²) in [6.45, 7) is 3.59. The van der Waals surface area contributed by atoms with Crippen LogP contribution in [-0.2, 0) is 28.2 Å². The van der Waals surface area contributed by atoms with Crippen molar-refractivity contribution in [2.45, 2.75) is 161 Å². The van der Waals surface area contributed by atoms with Crippen molar-refractivity contribution in [3.63, 3.8) is 0 Å². The van der Waals surface area contributed by atoms with Crippen LogP contribution in [0.15, 0.2) is 24.3 Å². The summed E-state index contributed by atoms with van der Waals surface area (Å²) in [6, 6.07) is 0. The van der Waals surface area contributed by atoms with E-state index in [2.05, 4.69) is 42.7 Å². The summed E-state index contributed by atoms with van der Waals surface area (Å²) in [4.78, 5) is 42.4. The molecule has 0 heterocycles. The predicted molar refractivity (Wildman–Crippen MR) is 170 cm³/mol. The maximum Gasteiger partial charge on any atom is 0.469 e. The molecule has 0 amide bonds. The van der Waals surface area contributed by atoms with Crippen LogP contribution in [0.1, 0.15) is 155 Å². The number of ether oxygens (including phenoxy) is 2. The molecule has 0 aromatic carbocycles. The second-order valence-corrected chi connectivity index (χ2v) is 12.4. The Morgan fingerprint density at radius 3 is 1.55 bits per heavy atom. The van der Waals surface area contributed by atoms with E-state index in [1.165, 1.54) is 51.4 Å². The number of esters is 2. The van der Waals surface area contributed by atoms with Gasteiger partial charge in [0.25, 0.3) is 0 Å². The van der Waals surface area contributed by atoms with Crippen molar-refractivity contribution < 1.29 is 37.9 Å². The average molecular weight is 617 g/mol. The second-order valence-electron chi connectivity index (χ2n) is 11.1. The Labute approximate surface area is 256 Å². The standard InChI is InChI=1S/C33H61O8P/c1-3-5-7-9-11-13-15-16-18-20-22-24-26-28-33(35)41-31(30-40-42(36,37)38)29-39-32(34)27-25-23-21-19-17-14-12-10-8-6-4-2/h10,12,16,18,31H,3-9,11,13-15,17,19-30H2,1-2H3,(H2,36,37,38)/b12-10+,18-16+/t31-/m1/s1. The molecule has 0 saturated heterocycles. The minimum absolute atomic E-state index is 0.191. The average Bonchev–Trinajstić information content (AvgIpc) is 2.95. The van der Waals surface area contributed by atoms with Gasteiger partial charge in [-0.05, 0) is 57.8 Å². The normalized spacial score (nSPS) is 12.8. The van der Waals surface area contributed by atoms with Crippen LogP contribution >= 0.6 is 7.82 Å². The third kappa shape index (κ3) is 31.5. The van der Waals surface area contributed by atoms with Crippen LogP contribution in [0, 0.1) is 0 Å². The molecule has 0 saturated carbocycles. The molecular weight excluding hydrogens is 555 g/mol. The molecule has 0 aliphatic carbocycles. The van der Waals surface area contributed by atoms with E-state index in [1.54, 1.807) is 0 Å². The van der Waals surface area contributed by atoms with E-state index in [9.17, 15) is 14.2 Å². The van der Waals surface area contributed by atoms with Crippen LogP contribution in [0.25, 0.3) is 0 Å². The molecule has 0 unspecified atom stereocenters. The molecule has 246 valence electrons. The highest BCUT2D eigenvalue weighted by Gasteiger charge is 2.22. The lowest BCUT2D eigenvalue weighted by atomic mass is 10.1. The summed E-state index contributed by atoms with van der Waals surface area (Å²) < 4.78 is 26.1. The van der Waals surface area contributed by atoms with Gasteiger partial charge < -0.3 is 19.3 Å². The molecule has 0 rings (SSSR count). The van der Waals surface area contributed by atoms with Gasteiger partial charge in [0.1, 0.15) is 6.61 Å². The Balaban J connectivity index is 4.06. The highest BCUT2D eigenvalue weighted by Crippen LogP contribution is 2.35. The Bertz CT molecular complexity index is 746. The zero-order valence-corrected chi connectivity index (χ0v) is 27.5. The van der Waals surface area contributed by atoms with Crippen molar-refractivity contribution in [2.24, 2.45) is 0 Å². The van der Waals surface area contributed by atoms with E-state index in [0.717, 1.165) is 64.2 Å². The first-order valence-electron chi connectivity index (χ1n) is 16.6. The summed E-state index contributed by atoms with van der Waals surface area (Å²) in [5, 5.41) is 0. The predicted octanol–water partition coefficient (Wildman–Crippen LogP) is 9.29. The van der Waals surface area contributed by atoms with Gasteiger partial charge in [-0.15, -0.1) is 0 Å². The largest absolute Gasteiger partial charge is 0.469 e. The third-order valence-corrected chi connectivity index (χ3v) is 7.43. The van der Waals surface area contributed by atoms with Crippen molar-refractivity contribution in [3.8, 4) is 0 Å². The number of hydrogen-bond donors (Lipinski definition) is 2. The maximum absolute atomic E-state index is 12.3. The zero-order chi connectivity index (χ0) is 31.2. The lowest BCUT2D eigenvalue weighted by molar-refractivity contribution is -0.161. The molecule has 0 aliphatic rings. The van der Waals surface area contributed by atoms with Gasteiger partial charge in [0, 0.05) is 12.8 Å². The van der Waals surface area contributed by atoms with Crippen LogP contribution in [0.5, 0.6) is 0 Å². The molecule has 0 fully saturated rings. The molecule has 0 radical (unpaired) electrons. The number of rotatable bonds is 30. The van der Waals surface area contributed by atoms with E-state index in [1.807, 2.05) is 0 Å². The first kappa shape index (κ1) is 40.5. The number of carbonyl (C=O) groups is 2. The van der Waals surface area contributed by atoms with Crippen molar-refractivity contribution in [1.82, 2.24) is 0 Å². The minimum atomic E-state index is -4.75. The van der Waals surface area contributed by atoms with Gasteiger partial charge in [-0.25, -0.2) is 4.57 Å². The van der Waals surface area contributed by atoms with Gasteiger partial charge in [0.15, 0.2) is 6.10 Å². The summed E-state index contributed by atoms with van der Waals surface area (Å²) in [5.74, 6) is -0.917. The Morgan fingerprint density at radius 2 is 1.02 bits per heavy atom. The molecule has 9 heteroatoms. The molecule has 2 N–H and O–H groups in total. The van der Waals surface area contributed by atoms with Crippen molar-refractivity contribution in [2.75, 3.05) is 13.2 Å². The molecule has 8 nitrogen and oxygen atoms in total. The third-order valence-electron chi connectivity index (χ3n) is 6.94. The maximum atomic E-state index is 12.3. The first-order valence-corrected chi connectivity index (χ1v) is 18.2. The molecule has 0 aliphatic heterocycles. The summed E-state index contributed by atoms with van der Waals surface area (Å²) in [5.41, 5.74) is 0. The van der Waals surface area contributed by atoms with Crippen LogP contribution in [0.2, 0.25) is 0 Å². The van der Waals surface area contributed by atoms with E-state index in [4.69, 9.17) is 19.3 Å². The van der Waals surface area contributed by atoms with Gasteiger partial charge in [0.2, 0.25) is 0 Å². The highest BCUT2D eigenvalue weighted by molar-refractivity contribution is 7.46. The molecule has 0 aromatic heterocycles. The van der Waals surface area contributed by atoms with Crippen LogP contribution < -0.4 is 0 Å². The molecule has 0 aromatic rings. The number of unbranched alkanes of at least 4 members (excludes halogenated alkanes) is 16. The lowest BCUT2D eigenvalue weighted by Crippen LogP contribution is -2.29. The van der Waals surface area contributed by atoms with E-state index < -0.39 is 32.5 Å². The van der Waals surface area contributed by atoms with Crippen molar-refractivity contribution in [3.05, 3.63) is 24.3 Å². The quantitative estimate of drug-likeness (QED) is 0.0355. The summed E-state index contributed by atoms with van der Waals surface area (Å²) in [7, 11) is -4.75. The zero-order valence-electron chi connectivity index (χ0n) is 26.6. The topological polar surface area (TPSA) is 119 Å². The van der Waals surface area contributed by atoms with Crippen molar-refractivity contribution >= 4 is 19.8 Å². The monoisotopic (exact) mass is 616 g/mol. The van der Waals surface area contributed by atoms with Gasteiger partial charge >= 0.3 is 19.8 Å². The number of phosphoric ester groups is 1. The van der Waals surface area contributed by atoms with Gasteiger partial charge in [0.05, 0.1) is 6.61 Å². The highest BCUT2D eigenvalue weighted by atomic mass is 31.2. The minimum Gasteiger partial charge on any atom is -0.462 e. The number of carbonyl (C=O) groups excluding carboxylic acids is 2. The lowest BCUT2D eigenvalue weighted by Gasteiger charge is -2.18. The number of hydrogen-bond acceptors (Lipinski definition) is 6. The Hall–Kier alpha value is -1.47. The Morgan fingerprint density at radius 1 is 0.595 bits per heavy atom. The second kappa shape index (κ2) is 29.6. The molecule has 0 bridgehead atoms. The number of phosphoric acid groups is 1. The van der Waals surface area contributed by atoms with E-state index in [-0.39, 0.29) is 19.4 Å². The number of allylic oxidation sites excluding steroid dienone is 4. The van der Waals surface area contributed by atoms with Gasteiger partial charge in [-0.2, -0.15) is 0 Å². The SMILES string of the molecule is CCCC/C=C/CCCCCCCC(=O)OC[C@H](COP(=O)(O)O)OC(=O)CCCCC/C=C/CCCCCCCC. The smallest absolute Gasteiger partial charge is 0.462 e. The fraction of sp³-hybridized carbons (Fsp3) is 0.818. The van der Waals surface area contributed by atoms with Crippen LogP contribution in [0.3, 0.4) is 0 Å². The molecule has 1 atom stereocenters. The fourth-order valence-corrected chi connectivity index (χ4v) is 4.77. The molecule has 0 spiro atoms. The molecular formula is C33H61O8P. The summed E-state index contributed by atoms with van der Waals surface area (Å²) >= 11 is 0. The van der Waals surface area contributed by atoms with E-state index >= 15 is 0 Å². The summed E-state index contributed by atoms with van der Waals surface area (Å²) in [6.07, 6.45) is 30.5. The Kier molecular flexibility index (Phi) is 28.6.